The molecule has 12 heavy (non-hydrogen) atoms. The molecule has 1 heterocycles. The Hall–Kier alpha value is -1.35. The van der Waals surface area contributed by atoms with Gasteiger partial charge in [-0.3, -0.25) is 10.0 Å². The average Bonchev–Trinajstić information content (AvgIpc) is 2.29. The second-order valence-corrected chi connectivity index (χ2v) is 2.96. The molecule has 3 nitrogen and oxygen atoms in total. The van der Waals surface area contributed by atoms with Crippen molar-refractivity contribution in [3.63, 3.8) is 0 Å². The number of para-hydroxylation sites is 1. The van der Waals surface area contributed by atoms with Gasteiger partial charge in [-0.15, -0.1) is 0 Å². The second kappa shape index (κ2) is 2.32. The predicted octanol–water partition coefficient (Wildman–Crippen LogP) is 1.27. The highest BCUT2D eigenvalue weighted by atomic mass is 16.5. The van der Waals surface area contributed by atoms with Gasteiger partial charge in [0.05, 0.1) is 12.1 Å². The summed E-state index contributed by atoms with van der Waals surface area (Å²) in [7, 11) is 0. The molecular formula is C9H9NO2. The first-order valence-corrected chi connectivity index (χ1v) is 3.80. The molecule has 3 heteroatoms. The van der Waals surface area contributed by atoms with Crippen LogP contribution >= 0.6 is 0 Å². The van der Waals surface area contributed by atoms with E-state index >= 15 is 0 Å². The molecule has 0 aromatic heterocycles. The minimum absolute atomic E-state index is 0.251. The normalized spacial score (nSPS) is 15.2. The van der Waals surface area contributed by atoms with Crippen molar-refractivity contribution in [3.05, 3.63) is 29.3 Å². The number of aryl methyl sites for hydroxylation is 1. The summed E-state index contributed by atoms with van der Waals surface area (Å²) in [4.78, 5) is 11.1. The Bertz CT molecular complexity index is 346. The summed E-state index contributed by atoms with van der Waals surface area (Å²) in [5.41, 5.74) is 2.49. The summed E-state index contributed by atoms with van der Waals surface area (Å²) in [6.45, 7) is 1.88. The van der Waals surface area contributed by atoms with Gasteiger partial charge < -0.3 is 0 Å². The monoisotopic (exact) mass is 163 g/mol. The van der Waals surface area contributed by atoms with Gasteiger partial charge in [-0.1, -0.05) is 18.2 Å². The maximum Gasteiger partial charge on any atom is 0.255 e. The Morgan fingerprint density at radius 2 is 2.25 bits per heavy atom. The van der Waals surface area contributed by atoms with Crippen LogP contribution in [0, 0.1) is 6.92 Å². The number of hydrogen-bond acceptors (Lipinski definition) is 2. The lowest BCUT2D eigenvalue weighted by molar-refractivity contribution is -0.122. The smallest absolute Gasteiger partial charge is 0.255 e. The molecule has 1 aromatic carbocycles. The fourth-order valence-corrected chi connectivity index (χ4v) is 1.53. The fourth-order valence-electron chi connectivity index (χ4n) is 1.53. The molecule has 0 bridgehead atoms. The number of carbonyl (C=O) groups excluding carboxylic acids is 1. The van der Waals surface area contributed by atoms with Crippen molar-refractivity contribution in [3.8, 4) is 0 Å². The summed E-state index contributed by atoms with van der Waals surface area (Å²) in [6, 6.07) is 5.62. The zero-order valence-corrected chi connectivity index (χ0v) is 6.74. The molecule has 0 saturated heterocycles. The molecular weight excluding hydrogens is 154 g/mol. The molecule has 0 aliphatic carbocycles. The fraction of sp³-hybridized carbons (Fsp3) is 0.222. The predicted molar refractivity (Wildman–Crippen MR) is 44.2 cm³/mol. The van der Waals surface area contributed by atoms with E-state index in [0.29, 0.717) is 12.1 Å². The maximum atomic E-state index is 11.1. The van der Waals surface area contributed by atoms with E-state index in [1.807, 2.05) is 25.1 Å². The molecule has 1 aromatic rings. The molecule has 1 amide bonds. The van der Waals surface area contributed by atoms with Crippen molar-refractivity contribution < 1.29 is 10.0 Å². The van der Waals surface area contributed by atoms with Crippen molar-refractivity contribution >= 4 is 11.6 Å². The van der Waals surface area contributed by atoms with Crippen LogP contribution in [-0.4, -0.2) is 11.1 Å². The number of hydrogen-bond donors (Lipinski definition) is 1. The minimum Gasteiger partial charge on any atom is -0.281 e. The molecule has 0 unspecified atom stereocenters. The SMILES string of the molecule is Cc1cccc2c1N(O)C(=O)C2. The van der Waals surface area contributed by atoms with E-state index in [2.05, 4.69) is 0 Å². The second-order valence-electron chi connectivity index (χ2n) is 2.96. The molecule has 1 N–H and O–H groups in total. The number of rotatable bonds is 0. The van der Waals surface area contributed by atoms with Crippen LogP contribution < -0.4 is 5.06 Å². The first-order valence-electron chi connectivity index (χ1n) is 3.80. The van der Waals surface area contributed by atoms with Crippen molar-refractivity contribution in [2.45, 2.75) is 13.3 Å². The highest BCUT2D eigenvalue weighted by Crippen LogP contribution is 2.30. The van der Waals surface area contributed by atoms with Gasteiger partial charge in [-0.2, -0.15) is 5.06 Å². The number of anilines is 1. The van der Waals surface area contributed by atoms with Gasteiger partial charge in [-0.25, -0.2) is 0 Å². The van der Waals surface area contributed by atoms with Gasteiger partial charge in [0.25, 0.3) is 5.91 Å². The number of nitrogens with zero attached hydrogens (tertiary/aromatic N) is 1. The number of carbonyl (C=O) groups is 1. The van der Waals surface area contributed by atoms with E-state index in [0.717, 1.165) is 16.2 Å². The van der Waals surface area contributed by atoms with E-state index in [1.165, 1.54) is 0 Å². The Morgan fingerprint density at radius 1 is 1.50 bits per heavy atom. The molecule has 2 rings (SSSR count). The molecule has 0 saturated carbocycles. The van der Waals surface area contributed by atoms with Crippen LogP contribution in [0.1, 0.15) is 11.1 Å². The molecule has 1 aliphatic rings. The molecule has 0 spiro atoms. The van der Waals surface area contributed by atoms with Crippen molar-refractivity contribution in [1.82, 2.24) is 0 Å². The average molecular weight is 163 g/mol. The highest BCUT2D eigenvalue weighted by molar-refractivity contribution is 6.00. The lowest BCUT2D eigenvalue weighted by atomic mass is 10.1. The third-order valence-electron chi connectivity index (χ3n) is 2.11. The van der Waals surface area contributed by atoms with Crippen LogP contribution in [0.2, 0.25) is 0 Å². The van der Waals surface area contributed by atoms with Gasteiger partial charge in [0, 0.05) is 0 Å². The zero-order valence-electron chi connectivity index (χ0n) is 6.74. The molecule has 0 atom stereocenters. The first kappa shape index (κ1) is 7.31. The highest BCUT2D eigenvalue weighted by Gasteiger charge is 2.26. The quantitative estimate of drug-likeness (QED) is 0.585. The Balaban J connectivity index is 2.62. The third kappa shape index (κ3) is 0.833. The first-order chi connectivity index (χ1) is 5.70. The van der Waals surface area contributed by atoms with E-state index in [-0.39, 0.29) is 5.91 Å². The molecule has 0 fully saturated rings. The Labute approximate surface area is 70.2 Å². The van der Waals surface area contributed by atoms with Gasteiger partial charge in [0.15, 0.2) is 0 Å². The lowest BCUT2D eigenvalue weighted by Crippen LogP contribution is -2.22. The van der Waals surface area contributed by atoms with Gasteiger partial charge >= 0.3 is 0 Å². The Morgan fingerprint density at radius 3 is 2.92 bits per heavy atom. The zero-order chi connectivity index (χ0) is 8.72. The van der Waals surface area contributed by atoms with Gasteiger partial charge in [-0.05, 0) is 18.1 Å². The van der Waals surface area contributed by atoms with Crippen LogP contribution in [-0.2, 0) is 11.2 Å². The number of fused-ring (bicyclic) bond motifs is 1. The summed E-state index contributed by atoms with van der Waals surface area (Å²) < 4.78 is 0. The topological polar surface area (TPSA) is 40.5 Å². The van der Waals surface area contributed by atoms with Crippen LogP contribution in [0.5, 0.6) is 0 Å². The summed E-state index contributed by atoms with van der Waals surface area (Å²) in [5, 5.41) is 10.1. The van der Waals surface area contributed by atoms with E-state index in [4.69, 9.17) is 0 Å². The number of hydroxylamine groups is 1. The maximum absolute atomic E-state index is 11.1. The lowest BCUT2D eigenvalue weighted by Gasteiger charge is -2.09. The molecule has 1 aliphatic heterocycles. The van der Waals surface area contributed by atoms with E-state index in [1.54, 1.807) is 0 Å². The van der Waals surface area contributed by atoms with Gasteiger partial charge in [0.2, 0.25) is 0 Å². The number of amides is 1. The van der Waals surface area contributed by atoms with Crippen molar-refractivity contribution in [2.24, 2.45) is 0 Å². The summed E-state index contributed by atoms with van der Waals surface area (Å²) in [6.07, 6.45) is 0.313. The van der Waals surface area contributed by atoms with E-state index in [9.17, 15) is 10.0 Å². The molecule has 0 radical (unpaired) electrons. The summed E-state index contributed by atoms with van der Waals surface area (Å²) >= 11 is 0. The van der Waals surface area contributed by atoms with Crippen LogP contribution in [0.3, 0.4) is 0 Å². The largest absolute Gasteiger partial charge is 0.281 e. The van der Waals surface area contributed by atoms with E-state index < -0.39 is 0 Å². The van der Waals surface area contributed by atoms with Crippen molar-refractivity contribution in [1.29, 1.82) is 0 Å². The third-order valence-corrected chi connectivity index (χ3v) is 2.11. The van der Waals surface area contributed by atoms with Gasteiger partial charge in [0.1, 0.15) is 0 Å². The molecule has 62 valence electrons. The summed E-state index contributed by atoms with van der Waals surface area (Å²) in [5.74, 6) is -0.251. The Kier molecular flexibility index (Phi) is 1.41. The van der Waals surface area contributed by atoms with Crippen LogP contribution in [0.15, 0.2) is 18.2 Å². The van der Waals surface area contributed by atoms with Crippen molar-refractivity contribution in [2.75, 3.05) is 5.06 Å². The van der Waals surface area contributed by atoms with Crippen LogP contribution in [0.4, 0.5) is 5.69 Å². The standard InChI is InChI=1S/C9H9NO2/c1-6-3-2-4-7-5-8(11)10(12)9(6)7/h2-4,12H,5H2,1H3. The minimum atomic E-state index is -0.251. The van der Waals surface area contributed by atoms with Crippen LogP contribution in [0.25, 0.3) is 0 Å². The number of benzene rings is 1.